The number of halogens is 1. The van der Waals surface area contributed by atoms with Gasteiger partial charge in [-0.05, 0) is 39.8 Å². The number of aliphatic hydroxyl groups is 1. The Morgan fingerprint density at radius 2 is 1.94 bits per heavy atom. The molecule has 3 nitrogen and oxygen atoms in total. The highest BCUT2D eigenvalue weighted by molar-refractivity contribution is 5.32. The monoisotopic (exact) mass is 250 g/mol. The predicted octanol–water partition coefficient (Wildman–Crippen LogP) is 2.34. The summed E-state index contributed by atoms with van der Waals surface area (Å²) in [6.45, 7) is 7.42. The van der Waals surface area contributed by atoms with Crippen LogP contribution in [-0.4, -0.2) is 16.2 Å². The standard InChI is InChI=1S/C14H19FN2O/c1-13(2,14(3,4)18)17-9-11-6-5-10(8-16)7-12(11)15/h5-7,17-18H,9H2,1-4H3. The van der Waals surface area contributed by atoms with Gasteiger partial charge in [-0.15, -0.1) is 0 Å². The van der Waals surface area contributed by atoms with Gasteiger partial charge in [-0.3, -0.25) is 0 Å². The molecule has 1 aromatic rings. The fourth-order valence-corrected chi connectivity index (χ4v) is 1.29. The van der Waals surface area contributed by atoms with E-state index in [9.17, 15) is 9.50 Å². The maximum absolute atomic E-state index is 13.7. The average Bonchev–Trinajstić information content (AvgIpc) is 2.25. The number of benzene rings is 1. The summed E-state index contributed by atoms with van der Waals surface area (Å²) in [6.07, 6.45) is 0. The lowest BCUT2D eigenvalue weighted by Gasteiger charge is -2.38. The molecule has 0 unspecified atom stereocenters. The summed E-state index contributed by atoms with van der Waals surface area (Å²) in [5, 5.41) is 21.7. The van der Waals surface area contributed by atoms with Crippen LogP contribution < -0.4 is 5.32 Å². The van der Waals surface area contributed by atoms with Crippen LogP contribution in [0.5, 0.6) is 0 Å². The Morgan fingerprint density at radius 3 is 2.39 bits per heavy atom. The third-order valence-electron chi connectivity index (χ3n) is 3.43. The quantitative estimate of drug-likeness (QED) is 0.862. The number of nitriles is 1. The van der Waals surface area contributed by atoms with Crippen LogP contribution in [0.3, 0.4) is 0 Å². The summed E-state index contributed by atoms with van der Waals surface area (Å²) >= 11 is 0. The molecular formula is C14H19FN2O. The van der Waals surface area contributed by atoms with Crippen LogP contribution in [0.15, 0.2) is 18.2 Å². The topological polar surface area (TPSA) is 56.0 Å². The van der Waals surface area contributed by atoms with Gasteiger partial charge in [0.15, 0.2) is 0 Å². The van der Waals surface area contributed by atoms with Gasteiger partial charge < -0.3 is 10.4 Å². The van der Waals surface area contributed by atoms with Gasteiger partial charge in [-0.2, -0.15) is 5.26 Å². The van der Waals surface area contributed by atoms with Crippen LogP contribution in [0, 0.1) is 17.1 Å². The van der Waals surface area contributed by atoms with Gasteiger partial charge >= 0.3 is 0 Å². The van der Waals surface area contributed by atoms with E-state index >= 15 is 0 Å². The highest BCUT2D eigenvalue weighted by Gasteiger charge is 2.34. The van der Waals surface area contributed by atoms with E-state index in [0.29, 0.717) is 17.7 Å². The highest BCUT2D eigenvalue weighted by Crippen LogP contribution is 2.21. The molecule has 0 aromatic heterocycles. The molecule has 0 radical (unpaired) electrons. The fourth-order valence-electron chi connectivity index (χ4n) is 1.29. The zero-order chi connectivity index (χ0) is 14.0. The predicted molar refractivity (Wildman–Crippen MR) is 68.3 cm³/mol. The number of hydrogen-bond donors (Lipinski definition) is 2. The van der Waals surface area contributed by atoms with E-state index in [4.69, 9.17) is 5.26 Å². The molecule has 0 amide bonds. The SMILES string of the molecule is CC(C)(O)C(C)(C)NCc1ccc(C#N)cc1F. The Bertz CT molecular complexity index is 470. The van der Waals surface area contributed by atoms with Crippen LogP contribution in [0.4, 0.5) is 4.39 Å². The largest absolute Gasteiger partial charge is 0.389 e. The Kier molecular flexibility index (Phi) is 4.10. The summed E-state index contributed by atoms with van der Waals surface area (Å²) in [6, 6.07) is 6.27. The molecule has 0 saturated heterocycles. The van der Waals surface area contributed by atoms with Crippen molar-refractivity contribution in [3.05, 3.63) is 35.1 Å². The van der Waals surface area contributed by atoms with Crippen LogP contribution in [0.1, 0.15) is 38.8 Å². The first kappa shape index (κ1) is 14.6. The zero-order valence-corrected chi connectivity index (χ0v) is 11.2. The first-order valence-electron chi connectivity index (χ1n) is 5.83. The summed E-state index contributed by atoms with van der Waals surface area (Å²) in [5.41, 5.74) is -0.687. The molecule has 0 aliphatic carbocycles. The molecule has 1 rings (SSSR count). The van der Waals surface area contributed by atoms with E-state index in [1.165, 1.54) is 6.07 Å². The molecular weight excluding hydrogens is 231 g/mol. The normalized spacial score (nSPS) is 12.3. The smallest absolute Gasteiger partial charge is 0.129 e. The van der Waals surface area contributed by atoms with Crippen molar-refractivity contribution >= 4 is 0 Å². The van der Waals surface area contributed by atoms with Crippen molar-refractivity contribution in [3.8, 4) is 6.07 Å². The maximum Gasteiger partial charge on any atom is 0.129 e. The highest BCUT2D eigenvalue weighted by atomic mass is 19.1. The van der Waals surface area contributed by atoms with Crippen molar-refractivity contribution in [2.75, 3.05) is 0 Å². The molecule has 0 aliphatic heterocycles. The summed E-state index contributed by atoms with van der Waals surface area (Å²) < 4.78 is 13.7. The minimum atomic E-state index is -0.921. The van der Waals surface area contributed by atoms with Crippen molar-refractivity contribution in [3.63, 3.8) is 0 Å². The van der Waals surface area contributed by atoms with Crippen LogP contribution in [-0.2, 0) is 6.54 Å². The van der Waals surface area contributed by atoms with E-state index in [0.717, 1.165) is 0 Å². The second-order valence-electron chi connectivity index (χ2n) is 5.46. The third-order valence-corrected chi connectivity index (χ3v) is 3.43. The molecule has 0 spiro atoms. The van der Waals surface area contributed by atoms with Gasteiger partial charge in [-0.1, -0.05) is 6.07 Å². The molecule has 0 fully saturated rings. The minimum absolute atomic E-state index is 0.300. The second-order valence-corrected chi connectivity index (χ2v) is 5.46. The van der Waals surface area contributed by atoms with Crippen molar-refractivity contribution in [1.29, 1.82) is 5.26 Å². The number of hydrogen-bond acceptors (Lipinski definition) is 3. The van der Waals surface area contributed by atoms with Crippen LogP contribution >= 0.6 is 0 Å². The Morgan fingerprint density at radius 1 is 1.33 bits per heavy atom. The Balaban J connectivity index is 2.79. The first-order valence-corrected chi connectivity index (χ1v) is 5.83. The third kappa shape index (κ3) is 3.28. The van der Waals surface area contributed by atoms with Crippen molar-refractivity contribution in [1.82, 2.24) is 5.32 Å². The summed E-state index contributed by atoms with van der Waals surface area (Å²) in [7, 11) is 0. The average molecular weight is 250 g/mol. The van der Waals surface area contributed by atoms with Gasteiger partial charge in [0.2, 0.25) is 0 Å². The van der Waals surface area contributed by atoms with Gasteiger partial charge in [-0.25, -0.2) is 4.39 Å². The molecule has 98 valence electrons. The molecule has 2 N–H and O–H groups in total. The zero-order valence-electron chi connectivity index (χ0n) is 11.2. The molecule has 0 saturated carbocycles. The van der Waals surface area contributed by atoms with Gasteiger partial charge in [0.05, 0.1) is 17.2 Å². The van der Waals surface area contributed by atoms with Gasteiger partial charge in [0, 0.05) is 17.6 Å². The first-order chi connectivity index (χ1) is 8.17. The molecule has 0 atom stereocenters. The Hall–Kier alpha value is -1.44. The van der Waals surface area contributed by atoms with E-state index < -0.39 is 17.0 Å². The summed E-state index contributed by atoms with van der Waals surface area (Å²) in [4.78, 5) is 0. The molecule has 0 bridgehead atoms. The van der Waals surface area contributed by atoms with Crippen molar-refractivity contribution < 1.29 is 9.50 Å². The summed E-state index contributed by atoms with van der Waals surface area (Å²) in [5.74, 6) is -0.409. The van der Waals surface area contributed by atoms with Crippen LogP contribution in [0.2, 0.25) is 0 Å². The number of rotatable bonds is 4. The number of nitrogens with zero attached hydrogens (tertiary/aromatic N) is 1. The second kappa shape index (κ2) is 5.05. The van der Waals surface area contributed by atoms with E-state index in [2.05, 4.69) is 5.32 Å². The lowest BCUT2D eigenvalue weighted by atomic mass is 9.86. The molecule has 4 heteroatoms. The van der Waals surface area contributed by atoms with E-state index in [-0.39, 0.29) is 0 Å². The molecule has 1 aromatic carbocycles. The molecule has 0 heterocycles. The maximum atomic E-state index is 13.7. The molecule has 0 aliphatic rings. The van der Waals surface area contributed by atoms with Crippen LogP contribution in [0.25, 0.3) is 0 Å². The molecule has 18 heavy (non-hydrogen) atoms. The van der Waals surface area contributed by atoms with Crippen molar-refractivity contribution in [2.24, 2.45) is 0 Å². The fraction of sp³-hybridized carbons (Fsp3) is 0.500. The Labute approximate surface area is 107 Å². The van der Waals surface area contributed by atoms with E-state index in [1.54, 1.807) is 26.0 Å². The lowest BCUT2D eigenvalue weighted by molar-refractivity contribution is -0.00543. The van der Waals surface area contributed by atoms with Gasteiger partial charge in [0.25, 0.3) is 0 Å². The van der Waals surface area contributed by atoms with Gasteiger partial charge in [0.1, 0.15) is 5.82 Å². The van der Waals surface area contributed by atoms with Crippen molar-refractivity contribution in [2.45, 2.75) is 45.4 Å². The van der Waals surface area contributed by atoms with E-state index in [1.807, 2.05) is 19.9 Å². The minimum Gasteiger partial charge on any atom is -0.389 e. The number of nitrogens with one attached hydrogen (secondary N) is 1. The lowest BCUT2D eigenvalue weighted by Crippen LogP contribution is -2.55.